The molecule has 3 N–H and O–H groups in total. The second-order valence-electron chi connectivity index (χ2n) is 7.54. The number of benzene rings is 2. The normalized spacial score (nSPS) is 10.9. The number of imidazole rings is 1. The van der Waals surface area contributed by atoms with Gasteiger partial charge in [0.1, 0.15) is 5.69 Å². The quantitative estimate of drug-likeness (QED) is 0.296. The van der Waals surface area contributed by atoms with Crippen LogP contribution in [0.3, 0.4) is 0 Å². The van der Waals surface area contributed by atoms with Crippen molar-refractivity contribution in [2.45, 2.75) is 13.1 Å². The van der Waals surface area contributed by atoms with Crippen molar-refractivity contribution in [3.8, 4) is 11.1 Å². The summed E-state index contributed by atoms with van der Waals surface area (Å²) in [7, 11) is 0. The van der Waals surface area contributed by atoms with Gasteiger partial charge in [-0.05, 0) is 35.2 Å². The molecule has 0 bridgehead atoms. The molecule has 0 atom stereocenters. The molecule has 0 aliphatic heterocycles. The molecule has 0 radical (unpaired) electrons. The van der Waals surface area contributed by atoms with Crippen LogP contribution in [-0.2, 0) is 17.9 Å². The number of nitrogens with one attached hydrogen (secondary N) is 3. The Labute approximate surface area is 194 Å². The fraction of sp³-hybridized carbons (Fsp3) is 0.0800. The fourth-order valence-electron chi connectivity index (χ4n) is 3.85. The third-order valence-corrected chi connectivity index (χ3v) is 6.31. The van der Waals surface area contributed by atoms with E-state index in [4.69, 9.17) is 0 Å². The number of nitrogens with zero attached hydrogens (tertiary/aromatic N) is 2. The Balaban J connectivity index is 1.55. The minimum absolute atomic E-state index is 0.176. The molecule has 5 aromatic rings. The number of anilines is 1. The lowest BCUT2D eigenvalue weighted by atomic mass is 10.0. The summed E-state index contributed by atoms with van der Waals surface area (Å²) in [6.07, 6.45) is 4.07. The van der Waals surface area contributed by atoms with Gasteiger partial charge in [-0.2, -0.15) is 0 Å². The van der Waals surface area contributed by atoms with E-state index in [-0.39, 0.29) is 5.91 Å². The van der Waals surface area contributed by atoms with Gasteiger partial charge in [-0.15, -0.1) is 11.3 Å². The molecule has 7 nitrogen and oxygen atoms in total. The highest BCUT2D eigenvalue weighted by atomic mass is 32.1. The first-order chi connectivity index (χ1) is 16.2. The van der Waals surface area contributed by atoms with Gasteiger partial charge in [0.15, 0.2) is 0 Å². The van der Waals surface area contributed by atoms with Crippen LogP contribution < -0.4 is 10.2 Å². The Bertz CT molecular complexity index is 1380. The summed E-state index contributed by atoms with van der Waals surface area (Å²) in [6.45, 7) is 0.836. The number of fused-ring (bicyclic) bond motifs is 1. The predicted octanol–water partition coefficient (Wildman–Crippen LogP) is 4.71. The van der Waals surface area contributed by atoms with Crippen LogP contribution in [0.4, 0.5) is 5.69 Å². The van der Waals surface area contributed by atoms with E-state index in [1.165, 1.54) is 0 Å². The van der Waals surface area contributed by atoms with Crippen molar-refractivity contribution in [1.82, 2.24) is 20.3 Å². The van der Waals surface area contributed by atoms with Crippen molar-refractivity contribution in [3.05, 3.63) is 94.8 Å². The van der Waals surface area contributed by atoms with E-state index in [0.29, 0.717) is 18.8 Å². The Morgan fingerprint density at radius 2 is 2.00 bits per heavy atom. The number of carbonyl (C=O) groups is 2. The molecule has 33 heavy (non-hydrogen) atoms. The van der Waals surface area contributed by atoms with Gasteiger partial charge in [0, 0.05) is 33.2 Å². The largest absolute Gasteiger partial charge is 0.350 e. The molecule has 5 rings (SSSR count). The fourth-order valence-corrected chi connectivity index (χ4v) is 4.49. The maximum Gasteiger partial charge on any atom is 0.268 e. The van der Waals surface area contributed by atoms with Crippen molar-refractivity contribution < 1.29 is 9.59 Å². The standard InChI is InChI=1S/C25H21N5O2S/c31-16-30(14-18-12-26-15-28-18)19-8-9-22-21(11-19)23(17-5-2-1-3-6-17)24(29-22)25(32)27-13-20-7-4-10-33-20/h1-12,15-16,29H,13-14H2,(H,26,28)(H,27,32). The maximum atomic E-state index is 13.2. The highest BCUT2D eigenvalue weighted by Crippen LogP contribution is 2.35. The SMILES string of the molecule is O=CN(Cc1cnc[nH]1)c1ccc2[nH]c(C(=O)NCc3cccs3)c(-c3ccccc3)c2c1. The van der Waals surface area contributed by atoms with E-state index in [2.05, 4.69) is 20.3 Å². The molecular formula is C25H21N5O2S. The van der Waals surface area contributed by atoms with Gasteiger partial charge in [-0.3, -0.25) is 9.59 Å². The van der Waals surface area contributed by atoms with Gasteiger partial charge in [-0.25, -0.2) is 4.98 Å². The molecule has 0 aliphatic rings. The topological polar surface area (TPSA) is 93.9 Å². The Morgan fingerprint density at radius 1 is 1.12 bits per heavy atom. The number of rotatable bonds is 8. The van der Waals surface area contributed by atoms with Crippen LogP contribution in [0.2, 0.25) is 0 Å². The van der Waals surface area contributed by atoms with Gasteiger partial charge in [0.2, 0.25) is 6.41 Å². The average Bonchev–Trinajstić information content (AvgIpc) is 3.62. The van der Waals surface area contributed by atoms with Gasteiger partial charge >= 0.3 is 0 Å². The zero-order valence-corrected chi connectivity index (χ0v) is 18.4. The summed E-state index contributed by atoms with van der Waals surface area (Å²) >= 11 is 1.60. The van der Waals surface area contributed by atoms with E-state index in [0.717, 1.165) is 44.7 Å². The lowest BCUT2D eigenvalue weighted by Gasteiger charge is -2.17. The number of H-pyrrole nitrogens is 2. The van der Waals surface area contributed by atoms with Crippen LogP contribution >= 0.6 is 11.3 Å². The predicted molar refractivity (Wildman–Crippen MR) is 130 cm³/mol. The highest BCUT2D eigenvalue weighted by Gasteiger charge is 2.20. The Hall–Kier alpha value is -4.17. The first kappa shape index (κ1) is 20.7. The number of carbonyl (C=O) groups excluding carboxylic acids is 2. The lowest BCUT2D eigenvalue weighted by Crippen LogP contribution is -2.23. The van der Waals surface area contributed by atoms with E-state index < -0.39 is 0 Å². The zero-order valence-electron chi connectivity index (χ0n) is 17.6. The van der Waals surface area contributed by atoms with Crippen LogP contribution in [0, 0.1) is 0 Å². The summed E-state index contributed by atoms with van der Waals surface area (Å²) in [6, 6.07) is 19.5. The molecule has 0 spiro atoms. The van der Waals surface area contributed by atoms with Gasteiger partial charge in [0.25, 0.3) is 5.91 Å². The molecule has 2 aromatic carbocycles. The number of aromatic nitrogens is 3. The minimum Gasteiger partial charge on any atom is -0.350 e. The van der Waals surface area contributed by atoms with Crippen LogP contribution in [0.1, 0.15) is 21.1 Å². The number of thiophene rings is 1. The molecule has 2 amide bonds. The highest BCUT2D eigenvalue weighted by molar-refractivity contribution is 7.09. The van der Waals surface area contributed by atoms with Gasteiger partial charge in [-0.1, -0.05) is 36.4 Å². The molecule has 8 heteroatoms. The number of aromatic amines is 2. The number of amides is 2. The molecule has 0 saturated carbocycles. The average molecular weight is 456 g/mol. The van der Waals surface area contributed by atoms with Crippen molar-refractivity contribution in [2.24, 2.45) is 0 Å². The first-order valence-electron chi connectivity index (χ1n) is 10.4. The van der Waals surface area contributed by atoms with Crippen LogP contribution in [0.5, 0.6) is 0 Å². The molecule has 3 heterocycles. The summed E-state index contributed by atoms with van der Waals surface area (Å²) in [5.74, 6) is -0.176. The van der Waals surface area contributed by atoms with Crippen molar-refractivity contribution in [2.75, 3.05) is 4.90 Å². The third-order valence-electron chi connectivity index (χ3n) is 5.43. The Kier molecular flexibility index (Phi) is 5.73. The molecule has 164 valence electrons. The summed E-state index contributed by atoms with van der Waals surface area (Å²) in [5, 5.41) is 5.87. The molecule has 0 unspecified atom stereocenters. The lowest BCUT2D eigenvalue weighted by molar-refractivity contribution is -0.107. The molecule has 0 aliphatic carbocycles. The summed E-state index contributed by atoms with van der Waals surface area (Å²) in [4.78, 5) is 38.0. The number of hydrogen-bond acceptors (Lipinski definition) is 4. The van der Waals surface area contributed by atoms with Crippen molar-refractivity contribution in [1.29, 1.82) is 0 Å². The smallest absolute Gasteiger partial charge is 0.268 e. The zero-order chi connectivity index (χ0) is 22.6. The second kappa shape index (κ2) is 9.13. The van der Waals surface area contributed by atoms with Crippen LogP contribution in [-0.4, -0.2) is 27.3 Å². The molecular weight excluding hydrogens is 434 g/mol. The van der Waals surface area contributed by atoms with E-state index >= 15 is 0 Å². The summed E-state index contributed by atoms with van der Waals surface area (Å²) < 4.78 is 0. The van der Waals surface area contributed by atoms with Crippen LogP contribution in [0.25, 0.3) is 22.0 Å². The van der Waals surface area contributed by atoms with Gasteiger partial charge in [0.05, 0.1) is 25.1 Å². The molecule has 0 saturated heterocycles. The summed E-state index contributed by atoms with van der Waals surface area (Å²) in [5.41, 5.74) is 4.61. The van der Waals surface area contributed by atoms with Crippen molar-refractivity contribution >= 4 is 40.2 Å². The van der Waals surface area contributed by atoms with Gasteiger partial charge < -0.3 is 20.2 Å². The molecule has 0 fully saturated rings. The third kappa shape index (κ3) is 4.28. The van der Waals surface area contributed by atoms with E-state index in [1.807, 2.05) is 66.0 Å². The van der Waals surface area contributed by atoms with E-state index in [1.54, 1.807) is 28.8 Å². The van der Waals surface area contributed by atoms with E-state index in [9.17, 15) is 9.59 Å². The maximum absolute atomic E-state index is 13.2. The Morgan fingerprint density at radius 3 is 2.73 bits per heavy atom. The second-order valence-corrected chi connectivity index (χ2v) is 8.58. The number of hydrogen-bond donors (Lipinski definition) is 3. The minimum atomic E-state index is -0.176. The van der Waals surface area contributed by atoms with Crippen molar-refractivity contribution in [3.63, 3.8) is 0 Å². The molecule has 3 aromatic heterocycles. The van der Waals surface area contributed by atoms with Crippen LogP contribution in [0.15, 0.2) is 78.6 Å². The monoisotopic (exact) mass is 455 g/mol. The first-order valence-corrected chi connectivity index (χ1v) is 11.3.